The van der Waals surface area contributed by atoms with Crippen LogP contribution in [0.25, 0.3) is 0 Å². The minimum atomic E-state index is 0.687. The van der Waals surface area contributed by atoms with E-state index in [2.05, 4.69) is 49.4 Å². The number of rotatable bonds is 5. The van der Waals surface area contributed by atoms with E-state index >= 15 is 0 Å². The third kappa shape index (κ3) is 4.94. The summed E-state index contributed by atoms with van der Waals surface area (Å²) >= 11 is 0. The maximum absolute atomic E-state index is 2.78. The van der Waals surface area contributed by atoms with Gasteiger partial charge in [0.2, 0.25) is 0 Å². The molecule has 0 aromatic rings. The first kappa shape index (κ1) is 17.2. The van der Waals surface area contributed by atoms with E-state index < -0.39 is 0 Å². The van der Waals surface area contributed by atoms with E-state index in [0.717, 1.165) is 18.0 Å². The second-order valence-corrected chi connectivity index (χ2v) is 7.87. The SMILES string of the molecule is CC(C)N(C)CC1CCC(N2CCN(C(C)C)CC2)CC1. The van der Waals surface area contributed by atoms with Gasteiger partial charge in [-0.3, -0.25) is 9.80 Å². The third-order valence-electron chi connectivity index (χ3n) is 5.84. The van der Waals surface area contributed by atoms with Crippen LogP contribution < -0.4 is 0 Å². The fourth-order valence-electron chi connectivity index (χ4n) is 3.93. The predicted octanol–water partition coefficient (Wildman–Crippen LogP) is 2.91. The lowest BCUT2D eigenvalue weighted by Crippen LogP contribution is -2.52. The molecule has 2 rings (SSSR count). The molecule has 3 heteroatoms. The van der Waals surface area contributed by atoms with Crippen LogP contribution in [0.3, 0.4) is 0 Å². The first-order valence-corrected chi connectivity index (χ1v) is 9.15. The number of nitrogens with zero attached hydrogens (tertiary/aromatic N) is 3. The van der Waals surface area contributed by atoms with Crippen LogP contribution >= 0.6 is 0 Å². The molecule has 0 spiro atoms. The van der Waals surface area contributed by atoms with E-state index in [1.807, 2.05) is 0 Å². The molecule has 1 aliphatic carbocycles. The average molecular weight is 296 g/mol. The van der Waals surface area contributed by atoms with Crippen molar-refractivity contribution in [3.63, 3.8) is 0 Å². The Morgan fingerprint density at radius 1 is 0.905 bits per heavy atom. The van der Waals surface area contributed by atoms with E-state index in [1.54, 1.807) is 0 Å². The standard InChI is InChI=1S/C18H37N3/c1-15(2)19(5)14-17-6-8-18(9-7-17)21-12-10-20(11-13-21)16(3)4/h15-18H,6-14H2,1-5H3. The molecule has 1 saturated heterocycles. The van der Waals surface area contributed by atoms with Crippen molar-refractivity contribution in [1.29, 1.82) is 0 Å². The number of hydrogen-bond acceptors (Lipinski definition) is 3. The van der Waals surface area contributed by atoms with Crippen molar-refractivity contribution in [2.24, 2.45) is 5.92 Å². The van der Waals surface area contributed by atoms with Crippen LogP contribution in [0.5, 0.6) is 0 Å². The van der Waals surface area contributed by atoms with Crippen molar-refractivity contribution in [2.45, 2.75) is 71.5 Å². The Kier molecular flexibility index (Phi) is 6.51. The molecule has 2 aliphatic rings. The van der Waals surface area contributed by atoms with Crippen LogP contribution in [-0.4, -0.2) is 72.6 Å². The van der Waals surface area contributed by atoms with E-state index in [-0.39, 0.29) is 0 Å². The molecule has 1 saturated carbocycles. The minimum Gasteiger partial charge on any atom is -0.304 e. The summed E-state index contributed by atoms with van der Waals surface area (Å²) in [6, 6.07) is 2.28. The maximum atomic E-state index is 2.78. The highest BCUT2D eigenvalue weighted by Crippen LogP contribution is 2.29. The Morgan fingerprint density at radius 3 is 1.95 bits per heavy atom. The summed E-state index contributed by atoms with van der Waals surface area (Å²) in [5.74, 6) is 0.936. The quantitative estimate of drug-likeness (QED) is 0.772. The smallest absolute Gasteiger partial charge is 0.0113 e. The Labute approximate surface area is 132 Å². The summed E-state index contributed by atoms with van der Waals surface area (Å²) in [6.07, 6.45) is 5.73. The van der Waals surface area contributed by atoms with Gasteiger partial charge in [-0.1, -0.05) is 0 Å². The number of piperazine rings is 1. The monoisotopic (exact) mass is 295 g/mol. The topological polar surface area (TPSA) is 9.72 Å². The van der Waals surface area contributed by atoms with Gasteiger partial charge in [0.25, 0.3) is 0 Å². The fraction of sp³-hybridized carbons (Fsp3) is 1.00. The highest BCUT2D eigenvalue weighted by Gasteiger charge is 2.29. The van der Waals surface area contributed by atoms with Crippen molar-refractivity contribution in [1.82, 2.24) is 14.7 Å². The van der Waals surface area contributed by atoms with Gasteiger partial charge in [-0.2, -0.15) is 0 Å². The molecule has 0 unspecified atom stereocenters. The van der Waals surface area contributed by atoms with Gasteiger partial charge in [0.15, 0.2) is 0 Å². The summed E-state index contributed by atoms with van der Waals surface area (Å²) in [4.78, 5) is 7.92. The van der Waals surface area contributed by atoms with Crippen LogP contribution in [0.4, 0.5) is 0 Å². The molecule has 0 N–H and O–H groups in total. The first-order valence-electron chi connectivity index (χ1n) is 9.15. The molecule has 124 valence electrons. The Balaban J connectivity index is 1.70. The second-order valence-electron chi connectivity index (χ2n) is 7.87. The van der Waals surface area contributed by atoms with Crippen molar-refractivity contribution in [3.05, 3.63) is 0 Å². The lowest BCUT2D eigenvalue weighted by Gasteiger charge is -2.43. The zero-order chi connectivity index (χ0) is 15.4. The molecule has 2 fully saturated rings. The molecular weight excluding hydrogens is 258 g/mol. The summed E-state index contributed by atoms with van der Waals surface area (Å²) in [6.45, 7) is 15.7. The van der Waals surface area contributed by atoms with Crippen molar-refractivity contribution >= 4 is 0 Å². The molecule has 1 aliphatic heterocycles. The summed E-state index contributed by atoms with van der Waals surface area (Å²) in [7, 11) is 2.28. The molecule has 0 aromatic carbocycles. The average Bonchev–Trinajstić information content (AvgIpc) is 2.48. The van der Waals surface area contributed by atoms with Gasteiger partial charge in [-0.05, 0) is 66.3 Å². The van der Waals surface area contributed by atoms with Crippen LogP contribution in [0.2, 0.25) is 0 Å². The molecule has 3 nitrogen and oxygen atoms in total. The Hall–Kier alpha value is -0.120. The molecule has 1 heterocycles. The first-order chi connectivity index (χ1) is 9.97. The van der Waals surface area contributed by atoms with E-state index in [4.69, 9.17) is 0 Å². The zero-order valence-corrected chi connectivity index (χ0v) is 15.0. The van der Waals surface area contributed by atoms with Crippen molar-refractivity contribution < 1.29 is 0 Å². The molecule has 0 atom stereocenters. The second kappa shape index (κ2) is 7.94. The highest BCUT2D eigenvalue weighted by molar-refractivity contribution is 4.84. The fourth-order valence-corrected chi connectivity index (χ4v) is 3.93. The van der Waals surface area contributed by atoms with Gasteiger partial charge >= 0.3 is 0 Å². The van der Waals surface area contributed by atoms with Gasteiger partial charge in [0.05, 0.1) is 0 Å². The Bertz CT molecular complexity index is 287. The molecule has 0 aromatic heterocycles. The van der Waals surface area contributed by atoms with Crippen LogP contribution in [0, 0.1) is 5.92 Å². The maximum Gasteiger partial charge on any atom is 0.0113 e. The lowest BCUT2D eigenvalue weighted by molar-refractivity contribution is 0.0535. The molecular formula is C18H37N3. The normalized spacial score (nSPS) is 29.7. The molecule has 0 bridgehead atoms. The van der Waals surface area contributed by atoms with Gasteiger partial charge < -0.3 is 4.90 Å². The van der Waals surface area contributed by atoms with Gasteiger partial charge in [-0.15, -0.1) is 0 Å². The predicted molar refractivity (Wildman–Crippen MR) is 91.8 cm³/mol. The molecule has 21 heavy (non-hydrogen) atoms. The van der Waals surface area contributed by atoms with Crippen molar-refractivity contribution in [3.8, 4) is 0 Å². The van der Waals surface area contributed by atoms with Gasteiger partial charge in [0.1, 0.15) is 0 Å². The van der Waals surface area contributed by atoms with E-state index in [9.17, 15) is 0 Å². The Morgan fingerprint density at radius 2 is 1.48 bits per heavy atom. The summed E-state index contributed by atoms with van der Waals surface area (Å²) in [5.41, 5.74) is 0. The summed E-state index contributed by atoms with van der Waals surface area (Å²) < 4.78 is 0. The lowest BCUT2D eigenvalue weighted by atomic mass is 9.84. The van der Waals surface area contributed by atoms with Crippen LogP contribution in [0.1, 0.15) is 53.4 Å². The number of hydrogen-bond donors (Lipinski definition) is 0. The van der Waals surface area contributed by atoms with E-state index in [0.29, 0.717) is 6.04 Å². The summed E-state index contributed by atoms with van der Waals surface area (Å²) in [5, 5.41) is 0. The highest BCUT2D eigenvalue weighted by atomic mass is 15.3. The zero-order valence-electron chi connectivity index (χ0n) is 15.0. The third-order valence-corrected chi connectivity index (χ3v) is 5.84. The van der Waals surface area contributed by atoms with E-state index in [1.165, 1.54) is 58.4 Å². The largest absolute Gasteiger partial charge is 0.304 e. The molecule has 0 amide bonds. The van der Waals surface area contributed by atoms with Gasteiger partial charge in [0, 0.05) is 50.8 Å². The molecule has 0 radical (unpaired) electrons. The van der Waals surface area contributed by atoms with Crippen LogP contribution in [-0.2, 0) is 0 Å². The van der Waals surface area contributed by atoms with Crippen molar-refractivity contribution in [2.75, 3.05) is 39.8 Å². The van der Waals surface area contributed by atoms with Gasteiger partial charge in [-0.25, -0.2) is 0 Å². The van der Waals surface area contributed by atoms with Crippen LogP contribution in [0.15, 0.2) is 0 Å². The minimum absolute atomic E-state index is 0.687.